The average molecular weight is 740 g/mol. The number of benzene rings is 2. The van der Waals surface area contributed by atoms with Crippen LogP contribution in [0.2, 0.25) is 0 Å². The van der Waals surface area contributed by atoms with E-state index in [9.17, 15) is 54.6 Å². The summed E-state index contributed by atoms with van der Waals surface area (Å²) in [4.78, 5) is 58.9. The van der Waals surface area contributed by atoms with Gasteiger partial charge >= 0.3 is 177 Å². The summed E-state index contributed by atoms with van der Waals surface area (Å²) in [6, 6.07) is 8.27. The van der Waals surface area contributed by atoms with E-state index >= 15 is 0 Å². The van der Waals surface area contributed by atoms with Gasteiger partial charge in [0.1, 0.15) is 11.5 Å². The van der Waals surface area contributed by atoms with E-state index in [1.165, 1.54) is 24.3 Å². The predicted octanol–water partition coefficient (Wildman–Crippen LogP) is -23.3. The number of hydrogen-bond acceptors (Lipinski definition) is 14. The van der Waals surface area contributed by atoms with Crippen molar-refractivity contribution in [3.05, 3.63) is 87.7 Å². The summed E-state index contributed by atoms with van der Waals surface area (Å²) >= 11 is 0. The van der Waals surface area contributed by atoms with E-state index in [0.29, 0.717) is 11.1 Å². The summed E-state index contributed by atoms with van der Waals surface area (Å²) in [5, 5.41) is 69.9. The van der Waals surface area contributed by atoms with Crippen molar-refractivity contribution in [2.24, 2.45) is 0 Å². The molecule has 0 unspecified atom stereocenters. The van der Waals surface area contributed by atoms with Crippen molar-refractivity contribution in [2.75, 3.05) is 32.7 Å². The topological polar surface area (TPSA) is 239 Å². The zero-order valence-electron chi connectivity index (χ0n) is 28.9. The molecule has 0 bridgehead atoms. The normalized spacial score (nSPS) is 12.2. The van der Waals surface area contributed by atoms with Gasteiger partial charge in [0.2, 0.25) is 0 Å². The van der Waals surface area contributed by atoms with Gasteiger partial charge in [-0.25, -0.2) is 0 Å². The van der Waals surface area contributed by atoms with Crippen LogP contribution in [0.1, 0.15) is 33.5 Å². The van der Waals surface area contributed by atoms with Gasteiger partial charge in [-0.2, -0.15) is 0 Å². The molecule has 0 fully saturated rings. The average Bonchev–Trinajstić information content (AvgIpc) is 2.91. The minimum absolute atomic E-state index is 0. The summed E-state index contributed by atoms with van der Waals surface area (Å²) < 4.78 is 5.99. The van der Waals surface area contributed by atoms with E-state index in [2.05, 4.69) is 0 Å². The SMILES string of the molecule is O=C([O-])CN(CC(=O)[O-])CC1=CC2=C(c3ccccc3C(=O)[O-])c3cc(CN(CC(=O)[O-])CC(=O)[O-])c([O-])cc3OC2=CC1.[Na+].[Na+].[Na+].[Na+].[Na+].[Na+]. The monoisotopic (exact) mass is 740 g/mol. The van der Waals surface area contributed by atoms with Crippen LogP contribution in [0, 0.1) is 0 Å². The van der Waals surface area contributed by atoms with Crippen molar-refractivity contribution in [1.29, 1.82) is 0 Å². The third-order valence-electron chi connectivity index (χ3n) is 6.73. The van der Waals surface area contributed by atoms with Gasteiger partial charge in [0.05, 0.1) is 29.8 Å². The maximum Gasteiger partial charge on any atom is 1.00 e. The van der Waals surface area contributed by atoms with Crippen molar-refractivity contribution in [3.63, 3.8) is 0 Å². The van der Waals surface area contributed by atoms with Crippen molar-refractivity contribution in [1.82, 2.24) is 9.80 Å². The summed E-state index contributed by atoms with van der Waals surface area (Å²) in [7, 11) is 0. The molecule has 0 amide bonds. The van der Waals surface area contributed by atoms with Crippen LogP contribution >= 0.6 is 0 Å². The second-order valence-corrected chi connectivity index (χ2v) is 10.0. The molecule has 14 nitrogen and oxygen atoms in total. The minimum atomic E-state index is -1.59. The fraction of sp³-hybridized carbons (Fsp3) is 0.233. The Labute approximate surface area is 420 Å². The molecule has 50 heavy (non-hydrogen) atoms. The number of carboxylic acids is 5. The van der Waals surface area contributed by atoms with Crippen molar-refractivity contribution in [2.45, 2.75) is 13.0 Å². The molecule has 1 aliphatic heterocycles. The summed E-state index contributed by atoms with van der Waals surface area (Å²) in [5.74, 6) is -8.06. The van der Waals surface area contributed by atoms with Crippen molar-refractivity contribution in [3.8, 4) is 11.5 Å². The number of carbonyl (C=O) groups excluding carboxylic acids is 5. The van der Waals surface area contributed by atoms with Crippen LogP contribution in [-0.4, -0.2) is 72.4 Å². The molecule has 2 aliphatic rings. The molecule has 0 atom stereocenters. The van der Waals surface area contributed by atoms with Crippen LogP contribution < -0.4 is 213 Å². The molecule has 230 valence electrons. The molecular weight excluding hydrogens is 718 g/mol. The number of hydrogen-bond donors (Lipinski definition) is 0. The zero-order valence-corrected chi connectivity index (χ0v) is 40.9. The van der Waals surface area contributed by atoms with Crippen LogP contribution in [0.4, 0.5) is 0 Å². The molecule has 0 spiro atoms. The molecule has 20 heteroatoms. The predicted molar refractivity (Wildman–Crippen MR) is 136 cm³/mol. The Hall–Kier alpha value is 0.530. The van der Waals surface area contributed by atoms with Gasteiger partial charge in [0.25, 0.3) is 0 Å². The first-order valence-corrected chi connectivity index (χ1v) is 13.0. The Balaban J connectivity index is -0.00000368. The molecule has 0 N–H and O–H groups in total. The summed E-state index contributed by atoms with van der Waals surface area (Å²) in [6.45, 7) is -3.63. The number of fused-ring (bicyclic) bond motifs is 2. The van der Waals surface area contributed by atoms with Crippen molar-refractivity contribution >= 4 is 35.4 Å². The molecule has 1 heterocycles. The number of rotatable bonds is 14. The molecule has 4 rings (SSSR count). The van der Waals surface area contributed by atoms with Gasteiger partial charge in [-0.15, -0.1) is 5.75 Å². The van der Waals surface area contributed by atoms with Crippen LogP contribution in [-0.2, 0) is 25.7 Å². The molecule has 0 aromatic heterocycles. The molecule has 1 aliphatic carbocycles. The van der Waals surface area contributed by atoms with E-state index in [-0.39, 0.29) is 230 Å². The summed E-state index contributed by atoms with van der Waals surface area (Å²) in [6.07, 6.45) is 3.37. The van der Waals surface area contributed by atoms with Gasteiger partial charge < -0.3 is 59.3 Å². The second-order valence-electron chi connectivity index (χ2n) is 10.0. The Morgan fingerprint density at radius 1 is 0.680 bits per heavy atom. The van der Waals surface area contributed by atoms with E-state index in [0.717, 1.165) is 15.9 Å². The maximum atomic E-state index is 13.0. The Morgan fingerprint density at radius 2 is 1.18 bits per heavy atom. The largest absolute Gasteiger partial charge is 1.00 e. The number of carboxylic acid groups (broad SMARTS) is 5. The number of aromatic carboxylic acids is 1. The first kappa shape index (κ1) is 54.9. The molecule has 2 aromatic carbocycles. The standard InChI is InChI=1S/C30H28N2O12.6Na/c33-22-9-24-21(8-17(22)11-32(14-27(38)39)15-28(40)41)29(18-3-1-2-4-19(18)30(42)43)20-7-16(5-6-23(20)44-24)10-31(12-25(34)35)13-26(36)37;;;;;;/h1-4,6-9,33H,5,10-15H2,(H,34,35)(H,36,37)(H,38,39)(H,40,41)(H,42,43);;;;;;/q;6*+1/p-6. The van der Waals surface area contributed by atoms with Crippen molar-refractivity contribution < 1.29 is 237 Å². The quantitative estimate of drug-likeness (QED) is 0.164. The van der Waals surface area contributed by atoms with E-state index in [1.54, 1.807) is 18.2 Å². The Morgan fingerprint density at radius 3 is 1.68 bits per heavy atom. The molecule has 0 saturated carbocycles. The van der Waals surface area contributed by atoms with Crippen LogP contribution in [0.3, 0.4) is 0 Å². The van der Waals surface area contributed by atoms with E-state index < -0.39 is 68.3 Å². The van der Waals surface area contributed by atoms with Gasteiger partial charge in [-0.1, -0.05) is 29.8 Å². The minimum Gasteiger partial charge on any atom is -0.872 e. The summed E-state index contributed by atoms with van der Waals surface area (Å²) in [5.41, 5.74) is 1.20. The first-order chi connectivity index (χ1) is 20.8. The fourth-order valence-electron chi connectivity index (χ4n) is 5.11. The number of nitrogens with zero attached hydrogens (tertiary/aromatic N) is 2. The second kappa shape index (κ2) is 25.6. The number of carbonyl (C=O) groups is 5. The Bertz CT molecular complexity index is 1630. The molecule has 0 radical (unpaired) electrons. The Kier molecular flexibility index (Phi) is 28.1. The number of aliphatic carboxylic acids is 4. The van der Waals surface area contributed by atoms with Crippen LogP contribution in [0.5, 0.6) is 11.5 Å². The van der Waals surface area contributed by atoms with Gasteiger partial charge in [-0.3, -0.25) is 9.80 Å². The third-order valence-corrected chi connectivity index (χ3v) is 6.73. The van der Waals surface area contributed by atoms with E-state index in [4.69, 9.17) is 4.74 Å². The molecule has 0 saturated heterocycles. The fourth-order valence-corrected chi connectivity index (χ4v) is 5.11. The van der Waals surface area contributed by atoms with Gasteiger partial charge in [0.15, 0.2) is 0 Å². The number of allylic oxidation sites excluding steroid dienone is 2. The van der Waals surface area contributed by atoms with E-state index in [1.807, 2.05) is 0 Å². The third kappa shape index (κ3) is 15.3. The van der Waals surface area contributed by atoms with Crippen LogP contribution in [0.25, 0.3) is 5.57 Å². The molecule has 2 aromatic rings. The zero-order chi connectivity index (χ0) is 32.1. The first-order valence-electron chi connectivity index (χ1n) is 13.0. The van der Waals surface area contributed by atoms with Gasteiger partial charge in [0, 0.05) is 61.5 Å². The van der Waals surface area contributed by atoms with Crippen LogP contribution in [0.15, 0.2) is 65.5 Å². The smallest absolute Gasteiger partial charge is 0.872 e. The number of ether oxygens (including phenoxy) is 1. The maximum absolute atomic E-state index is 13.0. The van der Waals surface area contributed by atoms with Gasteiger partial charge in [-0.05, 0) is 41.8 Å². The molecular formula is C30H22N2Na6O12.